The standard InChI is InChI=1S/C19H24N2O2/c1-3-20-19(22)15-21(4-2)14-16-10-8-9-13-18(16)23-17-11-6-5-7-12-17/h5-13H,3-4,14-15H2,1-2H3,(H,20,22). The number of benzene rings is 2. The van der Waals surface area contributed by atoms with E-state index in [1.165, 1.54) is 0 Å². The van der Waals surface area contributed by atoms with Crippen molar-refractivity contribution in [1.82, 2.24) is 10.2 Å². The first kappa shape index (κ1) is 17.0. The topological polar surface area (TPSA) is 41.6 Å². The van der Waals surface area contributed by atoms with Gasteiger partial charge >= 0.3 is 0 Å². The van der Waals surface area contributed by atoms with Crippen LogP contribution in [0.5, 0.6) is 11.5 Å². The van der Waals surface area contributed by atoms with Gasteiger partial charge in [0.1, 0.15) is 11.5 Å². The van der Waals surface area contributed by atoms with Gasteiger partial charge in [-0.05, 0) is 31.7 Å². The highest BCUT2D eigenvalue weighted by Gasteiger charge is 2.12. The average Bonchev–Trinajstić information content (AvgIpc) is 2.57. The summed E-state index contributed by atoms with van der Waals surface area (Å²) in [6.45, 7) is 6.51. The summed E-state index contributed by atoms with van der Waals surface area (Å²) >= 11 is 0. The van der Waals surface area contributed by atoms with Gasteiger partial charge in [-0.25, -0.2) is 0 Å². The van der Waals surface area contributed by atoms with Crippen molar-refractivity contribution >= 4 is 5.91 Å². The molecule has 23 heavy (non-hydrogen) atoms. The normalized spacial score (nSPS) is 10.6. The second kappa shape index (κ2) is 8.96. The monoisotopic (exact) mass is 312 g/mol. The smallest absolute Gasteiger partial charge is 0.234 e. The van der Waals surface area contributed by atoms with Crippen LogP contribution in [0.3, 0.4) is 0 Å². The van der Waals surface area contributed by atoms with Crippen LogP contribution in [0.25, 0.3) is 0 Å². The third-order valence-electron chi connectivity index (χ3n) is 3.53. The summed E-state index contributed by atoms with van der Waals surface area (Å²) < 4.78 is 5.98. The summed E-state index contributed by atoms with van der Waals surface area (Å²) in [5, 5.41) is 2.84. The fraction of sp³-hybridized carbons (Fsp3) is 0.316. The minimum Gasteiger partial charge on any atom is -0.457 e. The van der Waals surface area contributed by atoms with Crippen LogP contribution in [0.2, 0.25) is 0 Å². The lowest BCUT2D eigenvalue weighted by atomic mass is 10.2. The highest BCUT2D eigenvalue weighted by Crippen LogP contribution is 2.25. The number of carbonyl (C=O) groups is 1. The van der Waals surface area contributed by atoms with E-state index in [1.54, 1.807) is 0 Å². The number of hydrogen-bond donors (Lipinski definition) is 1. The Morgan fingerprint density at radius 2 is 1.74 bits per heavy atom. The molecule has 0 aliphatic heterocycles. The molecule has 122 valence electrons. The van der Waals surface area contributed by atoms with Crippen molar-refractivity contribution in [3.8, 4) is 11.5 Å². The van der Waals surface area contributed by atoms with Gasteiger partial charge < -0.3 is 10.1 Å². The van der Waals surface area contributed by atoms with E-state index in [2.05, 4.69) is 17.1 Å². The largest absolute Gasteiger partial charge is 0.457 e. The molecule has 0 saturated carbocycles. The number of nitrogens with zero attached hydrogens (tertiary/aromatic N) is 1. The van der Waals surface area contributed by atoms with Crippen LogP contribution in [0.4, 0.5) is 0 Å². The highest BCUT2D eigenvalue weighted by atomic mass is 16.5. The summed E-state index contributed by atoms with van der Waals surface area (Å²) in [7, 11) is 0. The molecule has 0 radical (unpaired) electrons. The molecule has 0 aliphatic carbocycles. The molecule has 0 saturated heterocycles. The summed E-state index contributed by atoms with van der Waals surface area (Å²) in [4.78, 5) is 13.9. The third kappa shape index (κ3) is 5.42. The number of likely N-dealkylation sites (N-methyl/N-ethyl adjacent to an activating group) is 2. The van der Waals surface area contributed by atoms with E-state index in [1.807, 2.05) is 61.5 Å². The molecular weight excluding hydrogens is 288 g/mol. The first-order valence-electron chi connectivity index (χ1n) is 8.02. The Kier molecular flexibility index (Phi) is 6.63. The number of amides is 1. The molecule has 0 fully saturated rings. The van der Waals surface area contributed by atoms with Crippen LogP contribution in [0, 0.1) is 0 Å². The van der Waals surface area contributed by atoms with Gasteiger partial charge in [0.05, 0.1) is 6.54 Å². The number of ether oxygens (including phenoxy) is 1. The van der Waals surface area contributed by atoms with Crippen molar-refractivity contribution in [3.63, 3.8) is 0 Å². The number of para-hydroxylation sites is 2. The van der Waals surface area contributed by atoms with E-state index in [9.17, 15) is 4.79 Å². The zero-order valence-electron chi connectivity index (χ0n) is 13.8. The maximum absolute atomic E-state index is 11.8. The Morgan fingerprint density at radius 1 is 1.04 bits per heavy atom. The lowest BCUT2D eigenvalue weighted by Crippen LogP contribution is -2.36. The van der Waals surface area contributed by atoms with Crippen molar-refractivity contribution in [2.24, 2.45) is 0 Å². The minimum absolute atomic E-state index is 0.0517. The quantitative estimate of drug-likeness (QED) is 0.812. The van der Waals surface area contributed by atoms with Gasteiger partial charge in [-0.15, -0.1) is 0 Å². The van der Waals surface area contributed by atoms with Gasteiger partial charge in [0, 0.05) is 18.7 Å². The van der Waals surface area contributed by atoms with Crippen LogP contribution < -0.4 is 10.1 Å². The van der Waals surface area contributed by atoms with Gasteiger partial charge in [0.25, 0.3) is 0 Å². The fourth-order valence-corrected chi connectivity index (χ4v) is 2.33. The van der Waals surface area contributed by atoms with Crippen LogP contribution in [-0.4, -0.2) is 30.4 Å². The van der Waals surface area contributed by atoms with Crippen LogP contribution >= 0.6 is 0 Å². The predicted octanol–water partition coefficient (Wildman–Crippen LogP) is 3.44. The Bertz CT molecular complexity index is 614. The highest BCUT2D eigenvalue weighted by molar-refractivity contribution is 5.77. The summed E-state index contributed by atoms with van der Waals surface area (Å²) in [6, 6.07) is 17.7. The molecule has 0 aromatic heterocycles. The Morgan fingerprint density at radius 3 is 2.43 bits per heavy atom. The second-order valence-corrected chi connectivity index (χ2v) is 5.28. The molecule has 1 amide bonds. The van der Waals surface area contributed by atoms with Crippen LogP contribution in [0.1, 0.15) is 19.4 Å². The van der Waals surface area contributed by atoms with Crippen molar-refractivity contribution in [3.05, 3.63) is 60.2 Å². The summed E-state index contributed by atoms with van der Waals surface area (Å²) in [6.07, 6.45) is 0. The molecule has 0 atom stereocenters. The maximum atomic E-state index is 11.8. The van der Waals surface area contributed by atoms with E-state index in [4.69, 9.17) is 4.74 Å². The summed E-state index contributed by atoms with van der Waals surface area (Å²) in [5.41, 5.74) is 1.07. The SMILES string of the molecule is CCNC(=O)CN(CC)Cc1ccccc1Oc1ccccc1. The van der Waals surface area contributed by atoms with Crippen molar-refractivity contribution in [2.75, 3.05) is 19.6 Å². The molecule has 2 aromatic carbocycles. The second-order valence-electron chi connectivity index (χ2n) is 5.28. The zero-order chi connectivity index (χ0) is 16.5. The molecule has 4 heteroatoms. The van der Waals surface area contributed by atoms with Gasteiger partial charge in [-0.2, -0.15) is 0 Å². The molecule has 1 N–H and O–H groups in total. The van der Waals surface area contributed by atoms with Gasteiger partial charge in [0.15, 0.2) is 0 Å². The number of rotatable bonds is 8. The molecule has 4 nitrogen and oxygen atoms in total. The van der Waals surface area contributed by atoms with E-state index in [-0.39, 0.29) is 5.91 Å². The summed E-state index contributed by atoms with van der Waals surface area (Å²) in [5.74, 6) is 1.69. The van der Waals surface area contributed by atoms with Crippen molar-refractivity contribution < 1.29 is 9.53 Å². The van der Waals surface area contributed by atoms with E-state index in [0.29, 0.717) is 19.6 Å². The first-order chi connectivity index (χ1) is 11.2. The van der Waals surface area contributed by atoms with Gasteiger partial charge in [-0.1, -0.05) is 43.3 Å². The van der Waals surface area contributed by atoms with Gasteiger partial charge in [-0.3, -0.25) is 9.69 Å². The number of hydrogen-bond acceptors (Lipinski definition) is 3. The van der Waals surface area contributed by atoms with Gasteiger partial charge in [0.2, 0.25) is 5.91 Å². The average molecular weight is 312 g/mol. The van der Waals surface area contributed by atoms with Crippen molar-refractivity contribution in [2.45, 2.75) is 20.4 Å². The molecule has 0 heterocycles. The predicted molar refractivity (Wildman–Crippen MR) is 92.6 cm³/mol. The molecule has 0 spiro atoms. The molecule has 0 unspecified atom stereocenters. The maximum Gasteiger partial charge on any atom is 0.234 e. The van der Waals surface area contributed by atoms with Crippen LogP contribution in [-0.2, 0) is 11.3 Å². The molecule has 0 aliphatic rings. The molecule has 0 bridgehead atoms. The third-order valence-corrected chi connectivity index (χ3v) is 3.53. The van der Waals surface area contributed by atoms with E-state index >= 15 is 0 Å². The van der Waals surface area contributed by atoms with E-state index in [0.717, 1.165) is 23.6 Å². The Labute approximate surface area is 138 Å². The minimum atomic E-state index is 0.0517. The van der Waals surface area contributed by atoms with Crippen molar-refractivity contribution in [1.29, 1.82) is 0 Å². The number of carbonyl (C=O) groups excluding carboxylic acids is 1. The van der Waals surface area contributed by atoms with E-state index < -0.39 is 0 Å². The Balaban J connectivity index is 2.08. The zero-order valence-corrected chi connectivity index (χ0v) is 13.8. The first-order valence-corrected chi connectivity index (χ1v) is 8.02. The lowest BCUT2D eigenvalue weighted by molar-refractivity contribution is -0.122. The molecule has 2 aromatic rings. The molecular formula is C19H24N2O2. The lowest BCUT2D eigenvalue weighted by Gasteiger charge is -2.21. The molecule has 2 rings (SSSR count). The number of nitrogens with one attached hydrogen (secondary N) is 1. The fourth-order valence-electron chi connectivity index (χ4n) is 2.33. The Hall–Kier alpha value is -2.33. The van der Waals surface area contributed by atoms with Crippen LogP contribution in [0.15, 0.2) is 54.6 Å².